The van der Waals surface area contributed by atoms with Crippen LogP contribution in [-0.4, -0.2) is 40.1 Å². The molecule has 5 nitrogen and oxygen atoms in total. The van der Waals surface area contributed by atoms with Gasteiger partial charge in [-0.15, -0.1) is 0 Å². The summed E-state index contributed by atoms with van der Waals surface area (Å²) in [6.07, 6.45) is 0.0811. The van der Waals surface area contributed by atoms with Gasteiger partial charge in [-0.25, -0.2) is 0 Å². The Morgan fingerprint density at radius 3 is 2.40 bits per heavy atom. The van der Waals surface area contributed by atoms with Gasteiger partial charge in [-0.1, -0.05) is 32.9 Å². The number of hydrogen-bond donors (Lipinski definition) is 2. The molecule has 0 saturated carbocycles. The van der Waals surface area contributed by atoms with Gasteiger partial charge in [0.05, 0.1) is 6.42 Å². The Labute approximate surface area is 118 Å². The molecular formula is C15H21NO4. The molecule has 0 radical (unpaired) electrons. The van der Waals surface area contributed by atoms with Crippen LogP contribution in [0.15, 0.2) is 24.3 Å². The molecule has 2 N–H and O–H groups in total. The van der Waals surface area contributed by atoms with E-state index in [0.717, 1.165) is 0 Å². The van der Waals surface area contributed by atoms with E-state index in [2.05, 4.69) is 0 Å². The van der Waals surface area contributed by atoms with Gasteiger partial charge in [-0.2, -0.15) is 0 Å². The Kier molecular flexibility index (Phi) is 5.13. The minimum atomic E-state index is -1.03. The number of carboxylic acid groups (broad SMARTS) is 1. The molecule has 1 rings (SSSR count). The molecule has 0 aromatic heterocycles. The number of nitrogens with zero attached hydrogens (tertiary/aromatic N) is 1. The summed E-state index contributed by atoms with van der Waals surface area (Å²) in [6.45, 7) is 5.91. The van der Waals surface area contributed by atoms with Crippen molar-refractivity contribution in [2.24, 2.45) is 5.41 Å². The topological polar surface area (TPSA) is 77.8 Å². The lowest BCUT2D eigenvalue weighted by Gasteiger charge is -2.29. The van der Waals surface area contributed by atoms with E-state index in [-0.39, 0.29) is 30.0 Å². The normalized spacial score (nSPS) is 11.2. The van der Waals surface area contributed by atoms with E-state index in [1.807, 2.05) is 20.8 Å². The van der Waals surface area contributed by atoms with E-state index < -0.39 is 5.97 Å². The van der Waals surface area contributed by atoms with Crippen molar-refractivity contribution in [3.05, 3.63) is 29.8 Å². The molecule has 110 valence electrons. The van der Waals surface area contributed by atoms with Gasteiger partial charge in [-0.3, -0.25) is 9.59 Å². The predicted molar refractivity (Wildman–Crippen MR) is 75.5 cm³/mol. The quantitative estimate of drug-likeness (QED) is 0.863. The number of carboxylic acids is 1. The minimum absolute atomic E-state index is 0.0811. The van der Waals surface area contributed by atoms with Crippen LogP contribution in [0.5, 0.6) is 5.75 Å². The van der Waals surface area contributed by atoms with E-state index in [1.54, 1.807) is 12.1 Å². The number of aromatic hydroxyl groups is 1. The van der Waals surface area contributed by atoms with Gasteiger partial charge >= 0.3 is 5.97 Å². The Balaban J connectivity index is 2.79. The molecule has 0 bridgehead atoms. The number of amides is 1. The average Bonchev–Trinajstić information content (AvgIpc) is 2.25. The second-order valence-electron chi connectivity index (χ2n) is 6.05. The fourth-order valence-electron chi connectivity index (χ4n) is 1.92. The van der Waals surface area contributed by atoms with Crippen LogP contribution in [0.3, 0.4) is 0 Å². The van der Waals surface area contributed by atoms with Gasteiger partial charge in [0.2, 0.25) is 5.91 Å². The summed E-state index contributed by atoms with van der Waals surface area (Å²) in [5.41, 5.74) is 0.489. The molecule has 1 aromatic rings. The Bertz CT molecular complexity index is 491. The van der Waals surface area contributed by atoms with E-state index in [0.29, 0.717) is 12.1 Å². The molecule has 0 saturated heterocycles. The van der Waals surface area contributed by atoms with Gasteiger partial charge in [0.25, 0.3) is 0 Å². The Morgan fingerprint density at radius 1 is 1.25 bits per heavy atom. The van der Waals surface area contributed by atoms with Crippen molar-refractivity contribution in [3.8, 4) is 5.75 Å². The molecular weight excluding hydrogens is 258 g/mol. The molecule has 0 aliphatic heterocycles. The lowest BCUT2D eigenvalue weighted by atomic mass is 9.95. The van der Waals surface area contributed by atoms with Gasteiger partial charge < -0.3 is 15.1 Å². The van der Waals surface area contributed by atoms with Crippen LogP contribution in [0, 0.1) is 5.41 Å². The molecule has 0 spiro atoms. The number of hydrogen-bond acceptors (Lipinski definition) is 3. The summed E-state index contributed by atoms with van der Waals surface area (Å²) in [5.74, 6) is -1.19. The fraction of sp³-hybridized carbons (Fsp3) is 0.467. The standard InChI is InChI=1S/C15H21NO4/c1-15(2,3)10-16(9-14(19)20)13(18)8-11-5-4-6-12(17)7-11/h4-7,17H,8-10H2,1-3H3,(H,19,20). The Morgan fingerprint density at radius 2 is 1.90 bits per heavy atom. The van der Waals surface area contributed by atoms with Gasteiger partial charge in [-0.05, 0) is 23.1 Å². The van der Waals surface area contributed by atoms with E-state index in [1.165, 1.54) is 17.0 Å². The van der Waals surface area contributed by atoms with Crippen molar-refractivity contribution in [2.75, 3.05) is 13.1 Å². The zero-order valence-corrected chi connectivity index (χ0v) is 12.1. The van der Waals surface area contributed by atoms with Crippen molar-refractivity contribution in [2.45, 2.75) is 27.2 Å². The molecule has 1 amide bonds. The van der Waals surface area contributed by atoms with Crippen LogP contribution in [0.2, 0.25) is 0 Å². The van der Waals surface area contributed by atoms with Gasteiger partial charge in [0.15, 0.2) is 0 Å². The number of phenolic OH excluding ortho intramolecular Hbond substituents is 1. The Hall–Kier alpha value is -2.04. The predicted octanol–water partition coefficient (Wildman–Crippen LogP) is 1.89. The highest BCUT2D eigenvalue weighted by Crippen LogP contribution is 2.17. The molecule has 0 aliphatic rings. The third kappa shape index (κ3) is 5.73. The second-order valence-corrected chi connectivity index (χ2v) is 6.05. The molecule has 1 aromatic carbocycles. The van der Waals surface area contributed by atoms with Crippen molar-refractivity contribution in [1.82, 2.24) is 4.90 Å². The van der Waals surface area contributed by atoms with Crippen molar-refractivity contribution in [3.63, 3.8) is 0 Å². The minimum Gasteiger partial charge on any atom is -0.508 e. The van der Waals surface area contributed by atoms with E-state index in [4.69, 9.17) is 5.11 Å². The SMILES string of the molecule is CC(C)(C)CN(CC(=O)O)C(=O)Cc1cccc(O)c1. The largest absolute Gasteiger partial charge is 0.508 e. The van der Waals surface area contributed by atoms with Crippen LogP contribution in [-0.2, 0) is 16.0 Å². The summed E-state index contributed by atoms with van der Waals surface area (Å²) < 4.78 is 0. The second kappa shape index (κ2) is 6.41. The third-order valence-corrected chi connectivity index (χ3v) is 2.61. The van der Waals surface area contributed by atoms with Crippen molar-refractivity contribution >= 4 is 11.9 Å². The summed E-state index contributed by atoms with van der Waals surface area (Å²) in [7, 11) is 0. The molecule has 0 heterocycles. The molecule has 0 fully saturated rings. The zero-order valence-electron chi connectivity index (χ0n) is 12.1. The maximum atomic E-state index is 12.2. The molecule has 5 heteroatoms. The summed E-state index contributed by atoms with van der Waals surface area (Å²) in [6, 6.07) is 6.42. The van der Waals surface area contributed by atoms with Crippen molar-refractivity contribution < 1.29 is 19.8 Å². The van der Waals surface area contributed by atoms with Crippen LogP contribution >= 0.6 is 0 Å². The third-order valence-electron chi connectivity index (χ3n) is 2.61. The number of aliphatic carboxylic acids is 1. The first-order valence-electron chi connectivity index (χ1n) is 6.45. The number of rotatable bonds is 5. The number of carbonyl (C=O) groups excluding carboxylic acids is 1. The fourth-order valence-corrected chi connectivity index (χ4v) is 1.92. The highest BCUT2D eigenvalue weighted by atomic mass is 16.4. The highest BCUT2D eigenvalue weighted by molar-refractivity contribution is 5.83. The summed E-state index contributed by atoms with van der Waals surface area (Å²) >= 11 is 0. The zero-order chi connectivity index (χ0) is 15.3. The maximum Gasteiger partial charge on any atom is 0.323 e. The number of carbonyl (C=O) groups is 2. The van der Waals surface area contributed by atoms with E-state index >= 15 is 0 Å². The van der Waals surface area contributed by atoms with Gasteiger partial charge in [0.1, 0.15) is 12.3 Å². The van der Waals surface area contributed by atoms with Crippen LogP contribution in [0.4, 0.5) is 0 Å². The molecule has 0 unspecified atom stereocenters. The molecule has 0 atom stereocenters. The lowest BCUT2D eigenvalue weighted by Crippen LogP contribution is -2.41. The number of benzene rings is 1. The summed E-state index contributed by atoms with van der Waals surface area (Å²) in [5, 5.41) is 18.3. The first-order chi connectivity index (χ1) is 9.17. The van der Waals surface area contributed by atoms with Crippen LogP contribution in [0.1, 0.15) is 26.3 Å². The van der Waals surface area contributed by atoms with Crippen LogP contribution < -0.4 is 0 Å². The van der Waals surface area contributed by atoms with E-state index in [9.17, 15) is 14.7 Å². The molecule has 0 aliphatic carbocycles. The monoisotopic (exact) mass is 279 g/mol. The number of phenols is 1. The van der Waals surface area contributed by atoms with Crippen molar-refractivity contribution in [1.29, 1.82) is 0 Å². The van der Waals surface area contributed by atoms with Gasteiger partial charge in [0, 0.05) is 6.54 Å². The average molecular weight is 279 g/mol. The maximum absolute atomic E-state index is 12.2. The highest BCUT2D eigenvalue weighted by Gasteiger charge is 2.23. The first-order valence-corrected chi connectivity index (χ1v) is 6.45. The molecule has 20 heavy (non-hydrogen) atoms. The van der Waals surface area contributed by atoms with Crippen LogP contribution in [0.25, 0.3) is 0 Å². The lowest BCUT2D eigenvalue weighted by molar-refractivity contribution is -0.145. The smallest absolute Gasteiger partial charge is 0.323 e. The first kappa shape index (κ1) is 16.0. The summed E-state index contributed by atoms with van der Waals surface area (Å²) in [4.78, 5) is 24.4.